The van der Waals surface area contributed by atoms with Crippen LogP contribution in [0.5, 0.6) is 5.75 Å². The topological polar surface area (TPSA) is 33.6 Å². The third-order valence-corrected chi connectivity index (χ3v) is 2.35. The second kappa shape index (κ2) is 4.17. The minimum absolute atomic E-state index is 0.656. The van der Waals surface area contributed by atoms with Gasteiger partial charge in [-0.25, -0.2) is 0 Å². The standard InChI is InChI=1S/C12H14N2O/c1-9-7-12(14-8-13-9)10-3-5-11(15-2)6-4-10/h3-7,13H,8H2,1-2H3. The van der Waals surface area contributed by atoms with Crippen molar-refractivity contribution in [3.05, 3.63) is 41.6 Å². The highest BCUT2D eigenvalue weighted by Crippen LogP contribution is 2.13. The zero-order valence-corrected chi connectivity index (χ0v) is 8.95. The van der Waals surface area contributed by atoms with Crippen LogP contribution >= 0.6 is 0 Å². The number of aliphatic imine (C=N–C) groups is 1. The summed E-state index contributed by atoms with van der Waals surface area (Å²) in [5.41, 5.74) is 3.29. The third kappa shape index (κ3) is 2.18. The summed E-state index contributed by atoms with van der Waals surface area (Å²) in [6.45, 7) is 2.70. The van der Waals surface area contributed by atoms with E-state index in [2.05, 4.69) is 10.3 Å². The first-order valence-corrected chi connectivity index (χ1v) is 4.90. The molecule has 1 heterocycles. The average molecular weight is 202 g/mol. The Kier molecular flexibility index (Phi) is 2.72. The normalized spacial score (nSPS) is 15.1. The lowest BCUT2D eigenvalue weighted by Gasteiger charge is -2.12. The van der Waals surface area contributed by atoms with Crippen LogP contribution in [0.4, 0.5) is 0 Å². The number of benzene rings is 1. The van der Waals surface area contributed by atoms with E-state index in [1.807, 2.05) is 37.3 Å². The van der Waals surface area contributed by atoms with E-state index in [4.69, 9.17) is 4.74 Å². The summed E-state index contributed by atoms with van der Waals surface area (Å²) in [6, 6.07) is 7.94. The molecule has 0 saturated heterocycles. The molecule has 0 aliphatic carbocycles. The zero-order chi connectivity index (χ0) is 10.7. The first-order chi connectivity index (χ1) is 7.29. The lowest BCUT2D eigenvalue weighted by atomic mass is 10.1. The Morgan fingerprint density at radius 3 is 2.60 bits per heavy atom. The molecule has 0 fully saturated rings. The summed E-state index contributed by atoms with van der Waals surface area (Å²) in [5.74, 6) is 0.869. The predicted molar refractivity (Wildman–Crippen MR) is 61.3 cm³/mol. The molecular weight excluding hydrogens is 188 g/mol. The van der Waals surface area contributed by atoms with Crippen LogP contribution in [0.3, 0.4) is 0 Å². The largest absolute Gasteiger partial charge is 0.497 e. The zero-order valence-electron chi connectivity index (χ0n) is 8.95. The van der Waals surface area contributed by atoms with Gasteiger partial charge in [0.1, 0.15) is 12.4 Å². The monoisotopic (exact) mass is 202 g/mol. The van der Waals surface area contributed by atoms with Crippen LogP contribution in [0, 0.1) is 0 Å². The van der Waals surface area contributed by atoms with Gasteiger partial charge < -0.3 is 10.1 Å². The molecular formula is C12H14N2O. The Morgan fingerprint density at radius 1 is 1.27 bits per heavy atom. The van der Waals surface area contributed by atoms with Gasteiger partial charge in [0.25, 0.3) is 0 Å². The molecule has 0 bridgehead atoms. The van der Waals surface area contributed by atoms with Gasteiger partial charge in [0.15, 0.2) is 0 Å². The van der Waals surface area contributed by atoms with Crippen molar-refractivity contribution in [1.82, 2.24) is 5.32 Å². The number of methoxy groups -OCH3 is 1. The van der Waals surface area contributed by atoms with Crippen molar-refractivity contribution in [3.8, 4) is 5.75 Å². The number of rotatable bonds is 2. The molecule has 0 aromatic heterocycles. The Bertz CT molecular complexity index is 404. The number of allylic oxidation sites excluding steroid dienone is 2. The lowest BCUT2D eigenvalue weighted by Crippen LogP contribution is -2.19. The molecule has 3 nitrogen and oxygen atoms in total. The maximum atomic E-state index is 5.11. The van der Waals surface area contributed by atoms with Gasteiger partial charge in [-0.1, -0.05) is 0 Å². The van der Waals surface area contributed by atoms with Crippen LogP contribution in [-0.2, 0) is 0 Å². The van der Waals surface area contributed by atoms with E-state index in [-0.39, 0.29) is 0 Å². The number of hydrogen-bond acceptors (Lipinski definition) is 3. The molecule has 0 saturated carbocycles. The van der Waals surface area contributed by atoms with Gasteiger partial charge in [0.2, 0.25) is 0 Å². The van der Waals surface area contributed by atoms with Crippen molar-refractivity contribution in [2.45, 2.75) is 6.92 Å². The van der Waals surface area contributed by atoms with Gasteiger partial charge in [0, 0.05) is 11.3 Å². The summed E-state index contributed by atoms with van der Waals surface area (Å²) in [7, 11) is 1.67. The van der Waals surface area contributed by atoms with Crippen LogP contribution in [0.15, 0.2) is 41.0 Å². The Labute approximate surface area is 89.5 Å². The van der Waals surface area contributed by atoms with Crippen molar-refractivity contribution in [2.24, 2.45) is 4.99 Å². The van der Waals surface area contributed by atoms with Crippen LogP contribution in [0.2, 0.25) is 0 Å². The summed E-state index contributed by atoms with van der Waals surface area (Å²) in [5, 5.41) is 3.15. The minimum atomic E-state index is 0.656. The van der Waals surface area contributed by atoms with Crippen molar-refractivity contribution in [1.29, 1.82) is 0 Å². The van der Waals surface area contributed by atoms with E-state index < -0.39 is 0 Å². The molecule has 3 heteroatoms. The number of hydrogen-bond donors (Lipinski definition) is 1. The molecule has 1 aliphatic heterocycles. The first kappa shape index (κ1) is 9.77. The summed E-state index contributed by atoms with van der Waals surface area (Å²) in [6.07, 6.45) is 2.05. The molecule has 1 aromatic rings. The van der Waals surface area contributed by atoms with E-state index in [1.165, 1.54) is 0 Å². The number of nitrogens with one attached hydrogen (secondary N) is 1. The smallest absolute Gasteiger partial charge is 0.118 e. The van der Waals surface area contributed by atoms with Crippen molar-refractivity contribution < 1.29 is 4.74 Å². The number of ether oxygens (including phenoxy) is 1. The highest BCUT2D eigenvalue weighted by molar-refractivity contribution is 6.09. The molecule has 0 unspecified atom stereocenters. The molecule has 2 rings (SSSR count). The van der Waals surface area contributed by atoms with E-state index in [9.17, 15) is 0 Å². The molecule has 1 aliphatic rings. The molecule has 0 spiro atoms. The highest BCUT2D eigenvalue weighted by atomic mass is 16.5. The van der Waals surface area contributed by atoms with E-state index in [0.717, 1.165) is 22.7 Å². The SMILES string of the molecule is COc1ccc(C2=NCNC(C)=C2)cc1. The summed E-state index contributed by atoms with van der Waals surface area (Å²) in [4.78, 5) is 4.39. The van der Waals surface area contributed by atoms with Gasteiger partial charge >= 0.3 is 0 Å². The minimum Gasteiger partial charge on any atom is -0.497 e. The quantitative estimate of drug-likeness (QED) is 0.795. The van der Waals surface area contributed by atoms with Crippen molar-refractivity contribution >= 4 is 5.71 Å². The molecule has 0 amide bonds. The third-order valence-electron chi connectivity index (χ3n) is 2.35. The molecule has 78 valence electrons. The summed E-state index contributed by atoms with van der Waals surface area (Å²) < 4.78 is 5.11. The van der Waals surface area contributed by atoms with E-state index in [1.54, 1.807) is 7.11 Å². The Hall–Kier alpha value is -1.77. The molecule has 0 atom stereocenters. The molecule has 15 heavy (non-hydrogen) atoms. The van der Waals surface area contributed by atoms with Crippen molar-refractivity contribution in [2.75, 3.05) is 13.8 Å². The fraction of sp³-hybridized carbons (Fsp3) is 0.250. The van der Waals surface area contributed by atoms with Gasteiger partial charge in [-0.3, -0.25) is 4.99 Å². The van der Waals surface area contributed by atoms with Gasteiger partial charge in [-0.15, -0.1) is 0 Å². The molecule has 1 N–H and O–H groups in total. The van der Waals surface area contributed by atoms with Crippen LogP contribution in [0.1, 0.15) is 12.5 Å². The van der Waals surface area contributed by atoms with E-state index >= 15 is 0 Å². The predicted octanol–water partition coefficient (Wildman–Crippen LogP) is 1.95. The van der Waals surface area contributed by atoms with Crippen LogP contribution < -0.4 is 10.1 Å². The molecule has 1 aromatic carbocycles. The second-order valence-electron chi connectivity index (χ2n) is 3.43. The molecule has 0 radical (unpaired) electrons. The first-order valence-electron chi connectivity index (χ1n) is 4.90. The highest BCUT2D eigenvalue weighted by Gasteiger charge is 2.04. The number of nitrogens with zero attached hydrogens (tertiary/aromatic N) is 1. The Morgan fingerprint density at radius 2 is 2.00 bits per heavy atom. The van der Waals surface area contributed by atoms with Gasteiger partial charge in [0.05, 0.1) is 12.8 Å². The lowest BCUT2D eigenvalue weighted by molar-refractivity contribution is 0.415. The van der Waals surface area contributed by atoms with Crippen LogP contribution in [-0.4, -0.2) is 19.5 Å². The van der Waals surface area contributed by atoms with Crippen LogP contribution in [0.25, 0.3) is 0 Å². The maximum Gasteiger partial charge on any atom is 0.118 e. The van der Waals surface area contributed by atoms with Gasteiger partial charge in [-0.05, 0) is 37.3 Å². The fourth-order valence-corrected chi connectivity index (χ4v) is 1.49. The maximum absolute atomic E-state index is 5.11. The Balaban J connectivity index is 2.26. The van der Waals surface area contributed by atoms with Gasteiger partial charge in [-0.2, -0.15) is 0 Å². The fourth-order valence-electron chi connectivity index (χ4n) is 1.49. The van der Waals surface area contributed by atoms with E-state index in [0.29, 0.717) is 6.67 Å². The summed E-state index contributed by atoms with van der Waals surface area (Å²) >= 11 is 0. The second-order valence-corrected chi connectivity index (χ2v) is 3.43. The van der Waals surface area contributed by atoms with Crippen molar-refractivity contribution in [3.63, 3.8) is 0 Å². The average Bonchev–Trinajstić information content (AvgIpc) is 2.29.